The van der Waals surface area contributed by atoms with E-state index < -0.39 is 11.5 Å². The number of carboxylic acid groups (broad SMARTS) is 1. The highest BCUT2D eigenvalue weighted by Crippen LogP contribution is 2.28. The summed E-state index contributed by atoms with van der Waals surface area (Å²) in [7, 11) is 0. The molecule has 20 heavy (non-hydrogen) atoms. The molecule has 0 aliphatic heterocycles. The third-order valence-electron chi connectivity index (χ3n) is 3.07. The maximum atomic E-state index is 11.7. The second-order valence-corrected chi connectivity index (χ2v) is 5.45. The van der Waals surface area contributed by atoms with Crippen molar-refractivity contribution in [3.8, 4) is 0 Å². The summed E-state index contributed by atoms with van der Waals surface area (Å²) in [6, 6.07) is 13.6. The zero-order valence-electron chi connectivity index (χ0n) is 10.7. The van der Waals surface area contributed by atoms with E-state index in [1.807, 2.05) is 0 Å². The Bertz CT molecular complexity index is 628. The number of aliphatic carboxylic acids is 1. The molecule has 0 bridgehead atoms. The van der Waals surface area contributed by atoms with Gasteiger partial charge < -0.3 is 10.4 Å². The van der Waals surface area contributed by atoms with E-state index >= 15 is 0 Å². The van der Waals surface area contributed by atoms with Gasteiger partial charge in [0.05, 0.1) is 0 Å². The number of nitrogens with one attached hydrogen (secondary N) is 1. The first kappa shape index (κ1) is 14.7. The highest BCUT2D eigenvalue weighted by molar-refractivity contribution is 6.31. The van der Waals surface area contributed by atoms with Gasteiger partial charge >= 0.3 is 5.97 Å². The molecule has 2 aromatic rings. The Morgan fingerprint density at radius 3 is 2.30 bits per heavy atom. The molecule has 3 nitrogen and oxygen atoms in total. The van der Waals surface area contributed by atoms with Crippen LogP contribution in [0.5, 0.6) is 0 Å². The molecule has 0 aromatic heterocycles. The molecule has 0 aliphatic carbocycles. The Morgan fingerprint density at radius 2 is 1.75 bits per heavy atom. The lowest BCUT2D eigenvalue weighted by Gasteiger charge is -2.28. The molecule has 5 heteroatoms. The molecule has 2 aromatic carbocycles. The van der Waals surface area contributed by atoms with Crippen LogP contribution in [0.4, 0.5) is 5.69 Å². The molecule has 2 rings (SSSR count). The van der Waals surface area contributed by atoms with Crippen molar-refractivity contribution < 1.29 is 9.90 Å². The largest absolute Gasteiger partial charge is 0.479 e. The molecular weight excluding hydrogens is 297 g/mol. The molecule has 0 spiro atoms. The number of hydrogen-bond donors (Lipinski definition) is 2. The van der Waals surface area contributed by atoms with Gasteiger partial charge in [-0.25, -0.2) is 4.79 Å². The van der Waals surface area contributed by atoms with E-state index in [1.54, 1.807) is 55.5 Å². The highest BCUT2D eigenvalue weighted by atomic mass is 35.5. The van der Waals surface area contributed by atoms with Crippen LogP contribution in [0.15, 0.2) is 48.5 Å². The molecule has 1 atom stereocenters. The SMILES string of the molecule is CC(Nc1cccc(Cl)c1)(C(=O)O)c1ccc(Cl)cc1. The van der Waals surface area contributed by atoms with Crippen molar-refractivity contribution >= 4 is 34.9 Å². The summed E-state index contributed by atoms with van der Waals surface area (Å²) >= 11 is 11.8. The van der Waals surface area contributed by atoms with Crippen LogP contribution in [-0.4, -0.2) is 11.1 Å². The lowest BCUT2D eigenvalue weighted by atomic mass is 9.91. The zero-order valence-corrected chi connectivity index (χ0v) is 12.2. The first-order valence-electron chi connectivity index (χ1n) is 5.95. The van der Waals surface area contributed by atoms with E-state index in [2.05, 4.69) is 5.32 Å². The maximum absolute atomic E-state index is 11.7. The Kier molecular flexibility index (Phi) is 4.21. The Morgan fingerprint density at radius 1 is 1.10 bits per heavy atom. The first-order chi connectivity index (χ1) is 9.41. The number of rotatable bonds is 4. The molecule has 104 valence electrons. The number of anilines is 1. The fourth-order valence-electron chi connectivity index (χ4n) is 1.89. The van der Waals surface area contributed by atoms with E-state index in [4.69, 9.17) is 23.2 Å². The van der Waals surface area contributed by atoms with Gasteiger partial charge in [0.25, 0.3) is 0 Å². The lowest BCUT2D eigenvalue weighted by molar-refractivity contribution is -0.142. The average Bonchev–Trinajstić information content (AvgIpc) is 2.39. The van der Waals surface area contributed by atoms with Gasteiger partial charge in [-0.1, -0.05) is 41.4 Å². The van der Waals surface area contributed by atoms with E-state index in [0.717, 1.165) is 0 Å². The zero-order chi connectivity index (χ0) is 14.8. The van der Waals surface area contributed by atoms with Crippen molar-refractivity contribution in [1.82, 2.24) is 0 Å². The molecule has 0 amide bonds. The number of benzene rings is 2. The summed E-state index contributed by atoms with van der Waals surface area (Å²) < 4.78 is 0. The second-order valence-electron chi connectivity index (χ2n) is 4.57. The van der Waals surface area contributed by atoms with Crippen molar-refractivity contribution in [2.24, 2.45) is 0 Å². The summed E-state index contributed by atoms with van der Waals surface area (Å²) in [6.07, 6.45) is 0. The van der Waals surface area contributed by atoms with Crippen LogP contribution in [0.25, 0.3) is 0 Å². The minimum Gasteiger partial charge on any atom is -0.479 e. The predicted octanol–water partition coefficient (Wildman–Crippen LogP) is 4.41. The van der Waals surface area contributed by atoms with Gasteiger partial charge in [-0.15, -0.1) is 0 Å². The van der Waals surface area contributed by atoms with Crippen molar-refractivity contribution in [2.75, 3.05) is 5.32 Å². The van der Waals surface area contributed by atoms with Gasteiger partial charge in [0.15, 0.2) is 5.54 Å². The fraction of sp³-hybridized carbons (Fsp3) is 0.133. The van der Waals surface area contributed by atoms with Crippen molar-refractivity contribution in [3.05, 3.63) is 64.1 Å². The molecule has 0 radical (unpaired) electrons. The third kappa shape index (κ3) is 3.06. The minimum absolute atomic E-state index is 0.541. The molecular formula is C15H13Cl2NO2. The topological polar surface area (TPSA) is 49.3 Å². The monoisotopic (exact) mass is 309 g/mol. The van der Waals surface area contributed by atoms with Gasteiger partial charge in [0, 0.05) is 15.7 Å². The van der Waals surface area contributed by atoms with Crippen molar-refractivity contribution in [2.45, 2.75) is 12.5 Å². The van der Waals surface area contributed by atoms with Gasteiger partial charge in [0.1, 0.15) is 0 Å². The predicted molar refractivity (Wildman–Crippen MR) is 81.5 cm³/mol. The standard InChI is InChI=1S/C15H13Cl2NO2/c1-15(14(19)20,10-5-7-11(16)8-6-10)18-13-4-2-3-12(17)9-13/h2-9,18H,1H3,(H,19,20). The number of halogens is 2. The fourth-order valence-corrected chi connectivity index (χ4v) is 2.20. The lowest BCUT2D eigenvalue weighted by Crippen LogP contribution is -2.40. The van der Waals surface area contributed by atoms with Crippen LogP contribution in [0.2, 0.25) is 10.0 Å². The molecule has 0 saturated carbocycles. The van der Waals surface area contributed by atoms with Gasteiger partial charge in [-0.2, -0.15) is 0 Å². The number of hydrogen-bond acceptors (Lipinski definition) is 2. The normalized spacial score (nSPS) is 13.6. The smallest absolute Gasteiger partial charge is 0.333 e. The average molecular weight is 310 g/mol. The first-order valence-corrected chi connectivity index (χ1v) is 6.70. The van der Waals surface area contributed by atoms with Crippen LogP contribution < -0.4 is 5.32 Å². The molecule has 0 saturated heterocycles. The summed E-state index contributed by atoms with van der Waals surface area (Å²) in [6.45, 7) is 1.60. The maximum Gasteiger partial charge on any atom is 0.333 e. The van der Waals surface area contributed by atoms with E-state index in [-0.39, 0.29) is 0 Å². The van der Waals surface area contributed by atoms with Gasteiger partial charge in [0.2, 0.25) is 0 Å². The number of carbonyl (C=O) groups is 1. The quantitative estimate of drug-likeness (QED) is 0.879. The molecule has 0 fully saturated rings. The molecule has 1 unspecified atom stereocenters. The molecule has 2 N–H and O–H groups in total. The highest BCUT2D eigenvalue weighted by Gasteiger charge is 2.35. The van der Waals surface area contributed by atoms with E-state index in [9.17, 15) is 9.90 Å². The third-order valence-corrected chi connectivity index (χ3v) is 3.56. The van der Waals surface area contributed by atoms with Crippen LogP contribution in [0.1, 0.15) is 12.5 Å². The van der Waals surface area contributed by atoms with Crippen LogP contribution >= 0.6 is 23.2 Å². The summed E-state index contributed by atoms with van der Waals surface area (Å²) in [4.78, 5) is 11.7. The van der Waals surface area contributed by atoms with Crippen molar-refractivity contribution in [3.63, 3.8) is 0 Å². The summed E-state index contributed by atoms with van der Waals surface area (Å²) in [5.41, 5.74) is -0.0262. The van der Waals surface area contributed by atoms with Gasteiger partial charge in [-0.05, 0) is 42.8 Å². The Hall–Kier alpha value is -1.71. The van der Waals surface area contributed by atoms with E-state index in [1.165, 1.54) is 0 Å². The van der Waals surface area contributed by atoms with Crippen LogP contribution in [0, 0.1) is 0 Å². The van der Waals surface area contributed by atoms with Crippen molar-refractivity contribution in [1.29, 1.82) is 0 Å². The molecule has 0 heterocycles. The second kappa shape index (κ2) is 5.73. The molecule has 0 aliphatic rings. The van der Waals surface area contributed by atoms with Gasteiger partial charge in [-0.3, -0.25) is 0 Å². The van der Waals surface area contributed by atoms with E-state index in [0.29, 0.717) is 21.3 Å². The Balaban J connectivity index is 2.39. The number of carboxylic acids is 1. The summed E-state index contributed by atoms with van der Waals surface area (Å²) in [5.74, 6) is -0.986. The summed E-state index contributed by atoms with van der Waals surface area (Å²) in [5, 5.41) is 13.7. The van der Waals surface area contributed by atoms with Crippen LogP contribution in [-0.2, 0) is 10.3 Å². The Labute approximate surface area is 127 Å². The van der Waals surface area contributed by atoms with Crippen LogP contribution in [0.3, 0.4) is 0 Å². The minimum atomic E-state index is -1.27.